The molecule has 144 valence electrons. The average Bonchev–Trinajstić information content (AvgIpc) is 2.67. The first-order chi connectivity index (χ1) is 13.0. The van der Waals surface area contributed by atoms with Crippen molar-refractivity contribution in [2.45, 2.75) is 26.7 Å². The molecule has 0 radical (unpaired) electrons. The van der Waals surface area contributed by atoms with E-state index in [-0.39, 0.29) is 18.3 Å². The van der Waals surface area contributed by atoms with Crippen LogP contribution in [0.1, 0.15) is 30.9 Å². The van der Waals surface area contributed by atoms with Crippen molar-refractivity contribution in [3.05, 3.63) is 53.6 Å². The van der Waals surface area contributed by atoms with Gasteiger partial charge in [0.05, 0.1) is 5.69 Å². The van der Waals surface area contributed by atoms with Crippen molar-refractivity contribution < 1.29 is 14.6 Å². The molecule has 5 heteroatoms. The van der Waals surface area contributed by atoms with Crippen LogP contribution in [0.4, 0.5) is 5.69 Å². The summed E-state index contributed by atoms with van der Waals surface area (Å²) in [6.07, 6.45) is 0. The Morgan fingerprint density at radius 1 is 1.11 bits per heavy atom. The molecule has 1 aliphatic heterocycles. The second-order valence-corrected chi connectivity index (χ2v) is 7.32. The third kappa shape index (κ3) is 4.54. The van der Waals surface area contributed by atoms with Gasteiger partial charge in [-0.05, 0) is 42.2 Å². The maximum absolute atomic E-state index is 12.5. The van der Waals surface area contributed by atoms with Gasteiger partial charge in [-0.15, -0.1) is 0 Å². The molecular weight excluding hydrogens is 340 g/mol. The van der Waals surface area contributed by atoms with Crippen molar-refractivity contribution in [3.8, 4) is 11.5 Å². The number of nitrogens with zero attached hydrogens (tertiary/aromatic N) is 2. The van der Waals surface area contributed by atoms with Crippen molar-refractivity contribution in [1.82, 2.24) is 4.90 Å². The molecule has 1 fully saturated rings. The molecule has 0 atom stereocenters. The summed E-state index contributed by atoms with van der Waals surface area (Å²) >= 11 is 0. The Kier molecular flexibility index (Phi) is 5.89. The number of phenols is 1. The van der Waals surface area contributed by atoms with Crippen LogP contribution >= 0.6 is 0 Å². The summed E-state index contributed by atoms with van der Waals surface area (Å²) in [6.45, 7) is 8.99. The summed E-state index contributed by atoms with van der Waals surface area (Å²) in [4.78, 5) is 16.5. The van der Waals surface area contributed by atoms with E-state index in [0.29, 0.717) is 32.1 Å². The van der Waals surface area contributed by atoms with Crippen LogP contribution in [-0.4, -0.2) is 48.7 Å². The van der Waals surface area contributed by atoms with Crippen molar-refractivity contribution in [1.29, 1.82) is 0 Å². The summed E-state index contributed by atoms with van der Waals surface area (Å²) in [7, 11) is 0. The molecule has 0 unspecified atom stereocenters. The number of para-hydroxylation sites is 2. The number of aromatic hydroxyl groups is 1. The number of piperazine rings is 1. The molecule has 0 aliphatic carbocycles. The van der Waals surface area contributed by atoms with Gasteiger partial charge >= 0.3 is 0 Å². The maximum atomic E-state index is 12.5. The van der Waals surface area contributed by atoms with Crippen molar-refractivity contribution >= 4 is 11.6 Å². The molecule has 2 aromatic carbocycles. The minimum Gasteiger partial charge on any atom is -0.506 e. The van der Waals surface area contributed by atoms with Gasteiger partial charge in [0.2, 0.25) is 0 Å². The fourth-order valence-electron chi connectivity index (χ4n) is 3.29. The normalized spacial score (nSPS) is 14.5. The molecule has 0 bridgehead atoms. The van der Waals surface area contributed by atoms with Crippen LogP contribution in [-0.2, 0) is 4.79 Å². The number of benzene rings is 2. The number of phenolic OH excluding ortho intramolecular Hbond substituents is 1. The standard InChI is InChI=1S/C22H28N2O3/c1-16(2)18-9-8-17(3)21(14-18)27-15-22(26)24-12-10-23(11-13-24)19-6-4-5-7-20(19)25/h4-9,14,16,25H,10-13,15H2,1-3H3. The molecular formula is C22H28N2O3. The number of hydrogen-bond acceptors (Lipinski definition) is 4. The fraction of sp³-hybridized carbons (Fsp3) is 0.409. The van der Waals surface area contributed by atoms with Gasteiger partial charge in [-0.1, -0.05) is 38.1 Å². The van der Waals surface area contributed by atoms with Gasteiger partial charge in [0.25, 0.3) is 5.91 Å². The van der Waals surface area contributed by atoms with Crippen LogP contribution in [0.15, 0.2) is 42.5 Å². The number of hydrogen-bond donors (Lipinski definition) is 1. The van der Waals surface area contributed by atoms with Gasteiger partial charge in [-0.2, -0.15) is 0 Å². The molecule has 0 saturated carbocycles. The maximum Gasteiger partial charge on any atom is 0.260 e. The molecule has 1 saturated heterocycles. The number of carbonyl (C=O) groups excluding carboxylic acids is 1. The highest BCUT2D eigenvalue weighted by Gasteiger charge is 2.23. The van der Waals surface area contributed by atoms with E-state index in [4.69, 9.17) is 4.74 Å². The molecule has 0 aromatic heterocycles. The first kappa shape index (κ1) is 19.1. The zero-order valence-electron chi connectivity index (χ0n) is 16.3. The molecule has 5 nitrogen and oxygen atoms in total. The predicted molar refractivity (Wildman–Crippen MR) is 108 cm³/mol. The summed E-state index contributed by atoms with van der Waals surface area (Å²) in [5.41, 5.74) is 3.07. The zero-order valence-corrected chi connectivity index (χ0v) is 16.3. The van der Waals surface area contributed by atoms with Crippen LogP contribution in [0, 0.1) is 6.92 Å². The lowest BCUT2D eigenvalue weighted by Gasteiger charge is -2.36. The largest absolute Gasteiger partial charge is 0.506 e. The predicted octanol–water partition coefficient (Wildman–Crippen LogP) is 3.55. The molecule has 1 amide bonds. The van der Waals surface area contributed by atoms with Gasteiger partial charge in [0.15, 0.2) is 6.61 Å². The number of ether oxygens (including phenoxy) is 1. The Morgan fingerprint density at radius 3 is 2.48 bits per heavy atom. The van der Waals surface area contributed by atoms with E-state index >= 15 is 0 Å². The average molecular weight is 368 g/mol. The van der Waals surface area contributed by atoms with E-state index in [2.05, 4.69) is 24.8 Å². The Labute approximate surface area is 161 Å². The smallest absolute Gasteiger partial charge is 0.260 e. The number of rotatable bonds is 5. The lowest BCUT2D eigenvalue weighted by molar-refractivity contribution is -0.133. The molecule has 2 aromatic rings. The number of anilines is 1. The highest BCUT2D eigenvalue weighted by atomic mass is 16.5. The first-order valence-electron chi connectivity index (χ1n) is 9.49. The van der Waals surface area contributed by atoms with Crippen LogP contribution in [0.5, 0.6) is 11.5 Å². The first-order valence-corrected chi connectivity index (χ1v) is 9.49. The van der Waals surface area contributed by atoms with Crippen LogP contribution in [0.3, 0.4) is 0 Å². The Morgan fingerprint density at radius 2 is 1.81 bits per heavy atom. The molecule has 1 heterocycles. The van der Waals surface area contributed by atoms with Gasteiger partial charge < -0.3 is 19.6 Å². The molecule has 3 rings (SSSR count). The van der Waals surface area contributed by atoms with Gasteiger partial charge in [0, 0.05) is 26.2 Å². The Hall–Kier alpha value is -2.69. The third-order valence-corrected chi connectivity index (χ3v) is 5.08. The topological polar surface area (TPSA) is 53.0 Å². The van der Waals surface area contributed by atoms with Crippen molar-refractivity contribution in [2.24, 2.45) is 0 Å². The lowest BCUT2D eigenvalue weighted by atomic mass is 10.0. The Bertz CT molecular complexity index is 796. The molecule has 0 spiro atoms. The molecule has 1 aliphatic rings. The summed E-state index contributed by atoms with van der Waals surface area (Å²) in [5.74, 6) is 1.48. The van der Waals surface area contributed by atoms with Gasteiger partial charge in [0.1, 0.15) is 11.5 Å². The van der Waals surface area contributed by atoms with Crippen molar-refractivity contribution in [2.75, 3.05) is 37.7 Å². The molecule has 1 N–H and O–H groups in total. The molecule has 27 heavy (non-hydrogen) atoms. The second-order valence-electron chi connectivity index (χ2n) is 7.32. The Balaban J connectivity index is 1.54. The van der Waals surface area contributed by atoms with Crippen LogP contribution < -0.4 is 9.64 Å². The number of aryl methyl sites for hydroxylation is 1. The highest BCUT2D eigenvalue weighted by molar-refractivity contribution is 5.78. The zero-order chi connectivity index (χ0) is 19.4. The second kappa shape index (κ2) is 8.33. The minimum absolute atomic E-state index is 0.00119. The quantitative estimate of drug-likeness (QED) is 0.877. The van der Waals surface area contributed by atoms with Gasteiger partial charge in [-0.3, -0.25) is 4.79 Å². The monoisotopic (exact) mass is 368 g/mol. The van der Waals surface area contributed by atoms with E-state index < -0.39 is 0 Å². The van der Waals surface area contributed by atoms with Gasteiger partial charge in [-0.25, -0.2) is 0 Å². The summed E-state index contributed by atoms with van der Waals surface area (Å²) in [5, 5.41) is 9.99. The SMILES string of the molecule is Cc1ccc(C(C)C)cc1OCC(=O)N1CCN(c2ccccc2O)CC1. The van der Waals surface area contributed by atoms with Crippen LogP contribution in [0.25, 0.3) is 0 Å². The highest BCUT2D eigenvalue weighted by Crippen LogP contribution is 2.27. The van der Waals surface area contributed by atoms with E-state index in [1.165, 1.54) is 5.56 Å². The van der Waals surface area contributed by atoms with Crippen molar-refractivity contribution in [3.63, 3.8) is 0 Å². The number of carbonyl (C=O) groups is 1. The minimum atomic E-state index is 0.00119. The lowest BCUT2D eigenvalue weighted by Crippen LogP contribution is -2.50. The summed E-state index contributed by atoms with van der Waals surface area (Å²) < 4.78 is 5.83. The van der Waals surface area contributed by atoms with E-state index in [1.54, 1.807) is 6.07 Å². The summed E-state index contributed by atoms with van der Waals surface area (Å²) in [6, 6.07) is 13.5. The van der Waals surface area contributed by atoms with Crippen LogP contribution in [0.2, 0.25) is 0 Å². The van der Waals surface area contributed by atoms with E-state index in [1.807, 2.05) is 42.2 Å². The number of amides is 1. The fourth-order valence-corrected chi connectivity index (χ4v) is 3.29. The van der Waals surface area contributed by atoms with E-state index in [9.17, 15) is 9.90 Å². The van der Waals surface area contributed by atoms with E-state index in [0.717, 1.165) is 17.0 Å². The third-order valence-electron chi connectivity index (χ3n) is 5.08.